The molecule has 0 amide bonds. The van der Waals surface area contributed by atoms with Crippen molar-refractivity contribution in [2.45, 2.75) is 24.7 Å². The second-order valence-electron chi connectivity index (χ2n) is 6.30. The van der Waals surface area contributed by atoms with Gasteiger partial charge in [-0.2, -0.15) is 0 Å². The summed E-state index contributed by atoms with van der Waals surface area (Å²) in [6.45, 7) is 4.24. The standard InChI is InChI=1S/C20H26N2/c21-14-7-15-22-16-12-20(13-17-22,18-8-3-1-4-9-18)19-10-5-2-6-11-19/h1-6,8-11H,7,12-17,21H2. The third-order valence-electron chi connectivity index (χ3n) is 5.04. The molecule has 0 unspecified atom stereocenters. The summed E-state index contributed by atoms with van der Waals surface area (Å²) in [6.07, 6.45) is 3.47. The molecular formula is C20H26N2. The van der Waals surface area contributed by atoms with Gasteiger partial charge in [-0.25, -0.2) is 0 Å². The molecule has 1 heterocycles. The van der Waals surface area contributed by atoms with E-state index >= 15 is 0 Å². The van der Waals surface area contributed by atoms with E-state index in [1.807, 2.05) is 0 Å². The minimum Gasteiger partial charge on any atom is -0.330 e. The van der Waals surface area contributed by atoms with E-state index in [0.717, 1.165) is 32.6 Å². The Morgan fingerprint density at radius 1 is 0.818 bits per heavy atom. The molecule has 1 saturated heterocycles. The van der Waals surface area contributed by atoms with Gasteiger partial charge in [0, 0.05) is 5.41 Å². The van der Waals surface area contributed by atoms with Gasteiger partial charge in [-0.3, -0.25) is 0 Å². The van der Waals surface area contributed by atoms with Crippen LogP contribution in [-0.2, 0) is 5.41 Å². The lowest BCUT2D eigenvalue weighted by Crippen LogP contribution is -2.43. The zero-order valence-electron chi connectivity index (χ0n) is 13.2. The first-order valence-electron chi connectivity index (χ1n) is 8.39. The Morgan fingerprint density at radius 3 is 1.77 bits per heavy atom. The van der Waals surface area contributed by atoms with E-state index in [0.29, 0.717) is 0 Å². The average Bonchev–Trinajstić information content (AvgIpc) is 2.62. The Kier molecular flexibility index (Phi) is 4.91. The van der Waals surface area contributed by atoms with Gasteiger partial charge in [-0.1, -0.05) is 60.7 Å². The van der Waals surface area contributed by atoms with E-state index in [1.54, 1.807) is 0 Å². The molecule has 2 nitrogen and oxygen atoms in total. The second-order valence-corrected chi connectivity index (χ2v) is 6.30. The van der Waals surface area contributed by atoms with Crippen LogP contribution >= 0.6 is 0 Å². The Morgan fingerprint density at radius 2 is 1.32 bits per heavy atom. The summed E-state index contributed by atoms with van der Waals surface area (Å²) >= 11 is 0. The molecule has 0 saturated carbocycles. The first-order chi connectivity index (χ1) is 10.8. The van der Waals surface area contributed by atoms with Crippen molar-refractivity contribution in [2.75, 3.05) is 26.2 Å². The van der Waals surface area contributed by atoms with Crippen molar-refractivity contribution >= 4 is 0 Å². The van der Waals surface area contributed by atoms with Crippen LogP contribution < -0.4 is 5.73 Å². The highest BCUT2D eigenvalue weighted by Crippen LogP contribution is 2.41. The Hall–Kier alpha value is -1.64. The summed E-state index contributed by atoms with van der Waals surface area (Å²) in [5.41, 5.74) is 8.74. The molecule has 2 N–H and O–H groups in total. The van der Waals surface area contributed by atoms with Gasteiger partial charge in [0.1, 0.15) is 0 Å². The second kappa shape index (κ2) is 7.08. The maximum absolute atomic E-state index is 5.65. The minimum absolute atomic E-state index is 0.168. The van der Waals surface area contributed by atoms with E-state index in [-0.39, 0.29) is 5.41 Å². The summed E-state index contributed by atoms with van der Waals surface area (Å²) < 4.78 is 0. The third kappa shape index (κ3) is 3.08. The number of nitrogens with two attached hydrogens (primary N) is 1. The van der Waals surface area contributed by atoms with Crippen molar-refractivity contribution in [1.82, 2.24) is 4.90 Å². The normalized spacial score (nSPS) is 18.2. The lowest BCUT2D eigenvalue weighted by atomic mass is 9.68. The lowest BCUT2D eigenvalue weighted by Gasteiger charge is -2.43. The average molecular weight is 294 g/mol. The molecule has 0 aromatic heterocycles. The number of rotatable bonds is 5. The number of hydrogen-bond donors (Lipinski definition) is 1. The zero-order valence-corrected chi connectivity index (χ0v) is 13.2. The van der Waals surface area contributed by atoms with Crippen LogP contribution in [-0.4, -0.2) is 31.1 Å². The fourth-order valence-corrected chi connectivity index (χ4v) is 3.73. The molecule has 0 aliphatic carbocycles. The quantitative estimate of drug-likeness (QED) is 0.915. The van der Waals surface area contributed by atoms with Crippen LogP contribution in [0.15, 0.2) is 60.7 Å². The number of piperidine rings is 1. The summed E-state index contributed by atoms with van der Waals surface area (Å²) in [4.78, 5) is 2.57. The van der Waals surface area contributed by atoms with Crippen molar-refractivity contribution < 1.29 is 0 Å². The van der Waals surface area contributed by atoms with Crippen LogP contribution in [0.25, 0.3) is 0 Å². The summed E-state index contributed by atoms with van der Waals surface area (Å²) in [6, 6.07) is 22.1. The van der Waals surface area contributed by atoms with Crippen LogP contribution in [0.2, 0.25) is 0 Å². The highest BCUT2D eigenvalue weighted by molar-refractivity contribution is 5.40. The molecule has 1 aliphatic rings. The SMILES string of the molecule is NCCCN1CCC(c2ccccc2)(c2ccccc2)CC1. The van der Waals surface area contributed by atoms with Gasteiger partial charge in [0.25, 0.3) is 0 Å². The van der Waals surface area contributed by atoms with Crippen LogP contribution in [0.5, 0.6) is 0 Å². The van der Waals surface area contributed by atoms with Crippen molar-refractivity contribution in [3.05, 3.63) is 71.8 Å². The van der Waals surface area contributed by atoms with Gasteiger partial charge in [0.2, 0.25) is 0 Å². The lowest BCUT2D eigenvalue weighted by molar-refractivity contribution is 0.178. The van der Waals surface area contributed by atoms with Crippen LogP contribution in [0, 0.1) is 0 Å². The van der Waals surface area contributed by atoms with Crippen LogP contribution in [0.4, 0.5) is 0 Å². The molecule has 3 rings (SSSR count). The first kappa shape index (κ1) is 15.3. The Labute approximate surface area is 134 Å². The number of benzene rings is 2. The number of hydrogen-bond acceptors (Lipinski definition) is 2. The molecule has 2 aromatic rings. The number of nitrogens with zero attached hydrogens (tertiary/aromatic N) is 1. The molecule has 116 valence electrons. The molecule has 1 fully saturated rings. The van der Waals surface area contributed by atoms with Crippen molar-refractivity contribution in [1.29, 1.82) is 0 Å². The van der Waals surface area contributed by atoms with Gasteiger partial charge in [-0.05, 0) is 56.6 Å². The number of likely N-dealkylation sites (tertiary alicyclic amines) is 1. The fraction of sp³-hybridized carbons (Fsp3) is 0.400. The van der Waals surface area contributed by atoms with Crippen molar-refractivity contribution in [3.63, 3.8) is 0 Å². The topological polar surface area (TPSA) is 29.3 Å². The van der Waals surface area contributed by atoms with Gasteiger partial charge in [0.05, 0.1) is 0 Å². The van der Waals surface area contributed by atoms with Crippen molar-refractivity contribution in [3.8, 4) is 0 Å². The maximum Gasteiger partial charge on any atom is 0.0227 e. The predicted octanol–water partition coefficient (Wildman–Crippen LogP) is 3.42. The third-order valence-corrected chi connectivity index (χ3v) is 5.04. The zero-order chi connectivity index (χ0) is 15.3. The molecule has 2 heteroatoms. The fourth-order valence-electron chi connectivity index (χ4n) is 3.73. The maximum atomic E-state index is 5.65. The smallest absolute Gasteiger partial charge is 0.0227 e. The van der Waals surface area contributed by atoms with Crippen LogP contribution in [0.1, 0.15) is 30.4 Å². The van der Waals surface area contributed by atoms with Crippen molar-refractivity contribution in [2.24, 2.45) is 5.73 Å². The largest absolute Gasteiger partial charge is 0.330 e. The van der Waals surface area contributed by atoms with Gasteiger partial charge in [-0.15, -0.1) is 0 Å². The van der Waals surface area contributed by atoms with Gasteiger partial charge in [0.15, 0.2) is 0 Å². The summed E-state index contributed by atoms with van der Waals surface area (Å²) in [5, 5.41) is 0. The minimum atomic E-state index is 0.168. The molecule has 0 spiro atoms. The van der Waals surface area contributed by atoms with E-state index in [2.05, 4.69) is 65.6 Å². The monoisotopic (exact) mass is 294 g/mol. The van der Waals surface area contributed by atoms with E-state index < -0.39 is 0 Å². The highest BCUT2D eigenvalue weighted by atomic mass is 15.1. The van der Waals surface area contributed by atoms with E-state index in [4.69, 9.17) is 5.73 Å². The molecule has 2 aromatic carbocycles. The molecule has 1 aliphatic heterocycles. The molecule has 0 radical (unpaired) electrons. The van der Waals surface area contributed by atoms with E-state index in [9.17, 15) is 0 Å². The molecular weight excluding hydrogens is 268 g/mol. The molecule has 22 heavy (non-hydrogen) atoms. The van der Waals surface area contributed by atoms with Gasteiger partial charge >= 0.3 is 0 Å². The van der Waals surface area contributed by atoms with E-state index in [1.165, 1.54) is 24.0 Å². The van der Waals surface area contributed by atoms with Crippen LogP contribution in [0.3, 0.4) is 0 Å². The summed E-state index contributed by atoms with van der Waals surface area (Å²) in [7, 11) is 0. The summed E-state index contributed by atoms with van der Waals surface area (Å²) in [5.74, 6) is 0. The predicted molar refractivity (Wildman–Crippen MR) is 93.0 cm³/mol. The first-order valence-corrected chi connectivity index (χ1v) is 8.39. The highest BCUT2D eigenvalue weighted by Gasteiger charge is 2.37. The molecule has 0 bridgehead atoms. The Balaban J connectivity index is 1.87. The molecule has 0 atom stereocenters. The Bertz CT molecular complexity index is 515. The van der Waals surface area contributed by atoms with Gasteiger partial charge < -0.3 is 10.6 Å².